The van der Waals surface area contributed by atoms with Crippen LogP contribution < -0.4 is 10.2 Å². The van der Waals surface area contributed by atoms with Crippen LogP contribution in [0, 0.1) is 5.92 Å². The highest BCUT2D eigenvalue weighted by molar-refractivity contribution is 5.93. The number of carbonyl (C=O) groups excluding carboxylic acids is 1. The molecule has 1 saturated heterocycles. The lowest BCUT2D eigenvalue weighted by Crippen LogP contribution is -2.30. The fourth-order valence-electron chi connectivity index (χ4n) is 2.94. The Morgan fingerprint density at radius 1 is 1.17 bits per heavy atom. The largest absolute Gasteiger partial charge is 0.367 e. The minimum Gasteiger partial charge on any atom is -0.367 e. The molecule has 0 radical (unpaired) electrons. The fourth-order valence-corrected chi connectivity index (χ4v) is 2.94. The van der Waals surface area contributed by atoms with Crippen molar-refractivity contribution in [2.45, 2.75) is 32.1 Å². The number of rotatable bonds is 4. The Hall–Kier alpha value is -2.44. The van der Waals surface area contributed by atoms with E-state index in [1.807, 2.05) is 12.4 Å². The molecule has 1 N–H and O–H groups in total. The lowest BCUT2D eigenvalue weighted by molar-refractivity contribution is -0.117. The molecule has 3 heterocycles. The molecule has 1 amide bonds. The van der Waals surface area contributed by atoms with Gasteiger partial charge in [0.15, 0.2) is 5.82 Å². The second-order valence-electron chi connectivity index (χ2n) is 6.22. The van der Waals surface area contributed by atoms with Crippen LogP contribution in [0.15, 0.2) is 24.9 Å². The van der Waals surface area contributed by atoms with Crippen LogP contribution in [0.5, 0.6) is 0 Å². The molecule has 7 heteroatoms. The average Bonchev–Trinajstić information content (AvgIpc) is 3.36. The first-order valence-corrected chi connectivity index (χ1v) is 8.22. The molecule has 0 aromatic carbocycles. The minimum absolute atomic E-state index is 0.0866. The molecule has 0 spiro atoms. The van der Waals surface area contributed by atoms with E-state index in [-0.39, 0.29) is 11.8 Å². The van der Waals surface area contributed by atoms with Gasteiger partial charge in [-0.05, 0) is 32.1 Å². The maximum atomic E-state index is 11.9. The monoisotopic (exact) mass is 312 g/mol. The van der Waals surface area contributed by atoms with Gasteiger partial charge in [0.1, 0.15) is 12.0 Å². The first-order valence-electron chi connectivity index (χ1n) is 8.22. The van der Waals surface area contributed by atoms with Crippen LogP contribution in [0.4, 0.5) is 11.4 Å². The van der Waals surface area contributed by atoms with Crippen LogP contribution in [-0.4, -0.2) is 38.7 Å². The first kappa shape index (κ1) is 14.2. The van der Waals surface area contributed by atoms with Gasteiger partial charge in [0.25, 0.3) is 0 Å². The van der Waals surface area contributed by atoms with E-state index in [0.29, 0.717) is 5.69 Å². The Labute approximate surface area is 134 Å². The maximum Gasteiger partial charge on any atom is 0.227 e. The summed E-state index contributed by atoms with van der Waals surface area (Å²) in [5.74, 6) is 1.03. The Morgan fingerprint density at radius 2 is 2.00 bits per heavy atom. The van der Waals surface area contributed by atoms with Gasteiger partial charge in [0.05, 0.1) is 24.3 Å². The number of aromatic nitrogens is 4. The van der Waals surface area contributed by atoms with Gasteiger partial charge in [-0.15, -0.1) is 0 Å². The number of amides is 1. The normalized spacial score (nSPS) is 18.0. The second kappa shape index (κ2) is 5.98. The lowest BCUT2D eigenvalue weighted by Gasteiger charge is -2.29. The molecule has 0 atom stereocenters. The van der Waals surface area contributed by atoms with Crippen molar-refractivity contribution in [2.24, 2.45) is 5.92 Å². The van der Waals surface area contributed by atoms with E-state index >= 15 is 0 Å². The van der Waals surface area contributed by atoms with E-state index in [4.69, 9.17) is 0 Å². The molecule has 4 rings (SSSR count). The van der Waals surface area contributed by atoms with Crippen molar-refractivity contribution in [1.82, 2.24) is 19.7 Å². The Kier molecular flexibility index (Phi) is 3.69. The number of piperidine rings is 1. The maximum absolute atomic E-state index is 11.9. The van der Waals surface area contributed by atoms with E-state index in [2.05, 4.69) is 25.3 Å². The summed E-state index contributed by atoms with van der Waals surface area (Å²) in [5, 5.41) is 7.27. The fraction of sp³-hybridized carbons (Fsp3) is 0.500. The highest BCUT2D eigenvalue weighted by Gasteiger charge is 2.29. The summed E-state index contributed by atoms with van der Waals surface area (Å²) < 4.78 is 1.72. The molecule has 1 aliphatic carbocycles. The Balaban J connectivity index is 1.57. The number of nitrogens with zero attached hydrogens (tertiary/aromatic N) is 5. The standard InChI is InChI=1S/C16H20N6O/c23-16(12-4-5-12)20-13-8-19-22(10-13)15-14(9-17-11-18-15)21-6-2-1-3-7-21/h8-12H,1-7H2,(H,20,23). The zero-order valence-corrected chi connectivity index (χ0v) is 13.0. The van der Waals surface area contributed by atoms with Gasteiger partial charge in [-0.1, -0.05) is 0 Å². The molecular formula is C16H20N6O. The van der Waals surface area contributed by atoms with Gasteiger partial charge in [-0.3, -0.25) is 4.79 Å². The summed E-state index contributed by atoms with van der Waals surface area (Å²) in [6.45, 7) is 2.04. The highest BCUT2D eigenvalue weighted by atomic mass is 16.2. The van der Waals surface area contributed by atoms with Crippen molar-refractivity contribution in [1.29, 1.82) is 0 Å². The van der Waals surface area contributed by atoms with Crippen LogP contribution in [-0.2, 0) is 4.79 Å². The van der Waals surface area contributed by atoms with Crippen LogP contribution >= 0.6 is 0 Å². The van der Waals surface area contributed by atoms with Gasteiger partial charge >= 0.3 is 0 Å². The van der Waals surface area contributed by atoms with E-state index in [9.17, 15) is 4.79 Å². The first-order chi connectivity index (χ1) is 11.3. The number of nitrogens with one attached hydrogen (secondary N) is 1. The number of anilines is 2. The molecule has 23 heavy (non-hydrogen) atoms. The Morgan fingerprint density at radius 3 is 2.78 bits per heavy atom. The van der Waals surface area contributed by atoms with Gasteiger partial charge in [0, 0.05) is 19.0 Å². The molecule has 0 unspecified atom stereocenters. The van der Waals surface area contributed by atoms with Crippen LogP contribution in [0.3, 0.4) is 0 Å². The zero-order valence-electron chi connectivity index (χ0n) is 13.0. The van der Waals surface area contributed by atoms with E-state index < -0.39 is 0 Å². The van der Waals surface area contributed by atoms with Crippen LogP contribution in [0.2, 0.25) is 0 Å². The molecule has 0 bridgehead atoms. The molecule has 2 fully saturated rings. The molecule has 2 aliphatic rings. The van der Waals surface area contributed by atoms with E-state index in [0.717, 1.165) is 37.4 Å². The predicted molar refractivity (Wildman–Crippen MR) is 86.6 cm³/mol. The molecule has 2 aromatic rings. The van der Waals surface area contributed by atoms with Crippen molar-refractivity contribution in [3.8, 4) is 5.82 Å². The van der Waals surface area contributed by atoms with Gasteiger partial charge < -0.3 is 10.2 Å². The van der Waals surface area contributed by atoms with Crippen molar-refractivity contribution >= 4 is 17.3 Å². The summed E-state index contributed by atoms with van der Waals surface area (Å²) >= 11 is 0. The number of hydrogen-bond donors (Lipinski definition) is 1. The third-order valence-electron chi connectivity index (χ3n) is 4.38. The van der Waals surface area contributed by atoms with Crippen molar-refractivity contribution < 1.29 is 4.79 Å². The molecule has 7 nitrogen and oxygen atoms in total. The third kappa shape index (κ3) is 3.04. The Bertz CT molecular complexity index is 702. The third-order valence-corrected chi connectivity index (χ3v) is 4.38. The van der Waals surface area contributed by atoms with Crippen LogP contribution in [0.25, 0.3) is 5.82 Å². The summed E-state index contributed by atoms with van der Waals surface area (Å²) in [6.07, 6.45) is 12.5. The average molecular weight is 312 g/mol. The topological polar surface area (TPSA) is 75.9 Å². The van der Waals surface area contributed by atoms with Crippen LogP contribution in [0.1, 0.15) is 32.1 Å². The summed E-state index contributed by atoms with van der Waals surface area (Å²) in [6, 6.07) is 0. The number of hydrogen-bond acceptors (Lipinski definition) is 5. The number of carbonyl (C=O) groups is 1. The van der Waals surface area contributed by atoms with Gasteiger partial charge in [0.2, 0.25) is 5.91 Å². The van der Waals surface area contributed by atoms with Crippen molar-refractivity contribution in [2.75, 3.05) is 23.3 Å². The quantitative estimate of drug-likeness (QED) is 0.934. The summed E-state index contributed by atoms with van der Waals surface area (Å²) in [7, 11) is 0. The lowest BCUT2D eigenvalue weighted by atomic mass is 10.1. The highest BCUT2D eigenvalue weighted by Crippen LogP contribution is 2.30. The SMILES string of the molecule is O=C(Nc1cnn(-c2ncncc2N2CCCCC2)c1)C1CC1. The van der Waals surface area contributed by atoms with Crippen molar-refractivity contribution in [3.63, 3.8) is 0 Å². The van der Waals surface area contributed by atoms with Gasteiger partial charge in [-0.2, -0.15) is 5.10 Å². The van der Waals surface area contributed by atoms with Crippen molar-refractivity contribution in [3.05, 3.63) is 24.9 Å². The minimum atomic E-state index is 0.0866. The summed E-state index contributed by atoms with van der Waals surface area (Å²) in [4.78, 5) is 22.7. The predicted octanol–water partition coefficient (Wildman–Crippen LogP) is 2.00. The summed E-state index contributed by atoms with van der Waals surface area (Å²) in [5.41, 5.74) is 1.71. The van der Waals surface area contributed by atoms with E-state index in [1.165, 1.54) is 25.6 Å². The molecular weight excluding hydrogens is 292 g/mol. The molecule has 2 aromatic heterocycles. The second-order valence-corrected chi connectivity index (χ2v) is 6.22. The molecule has 120 valence electrons. The zero-order chi connectivity index (χ0) is 15.6. The van der Waals surface area contributed by atoms with E-state index in [1.54, 1.807) is 10.9 Å². The molecule has 1 aliphatic heterocycles. The van der Waals surface area contributed by atoms with Gasteiger partial charge in [-0.25, -0.2) is 14.6 Å². The smallest absolute Gasteiger partial charge is 0.227 e. The molecule has 1 saturated carbocycles.